The van der Waals surface area contributed by atoms with E-state index in [4.69, 9.17) is 0 Å². The van der Waals surface area contributed by atoms with Crippen molar-refractivity contribution in [3.63, 3.8) is 0 Å². The molecule has 0 unspecified atom stereocenters. The van der Waals surface area contributed by atoms with E-state index in [0.29, 0.717) is 16.4 Å². The first-order chi connectivity index (χ1) is 13.9. The topological polar surface area (TPSA) is 58.2 Å². The Balaban J connectivity index is 1.52. The van der Waals surface area contributed by atoms with Gasteiger partial charge in [-0.25, -0.2) is 4.39 Å². The second kappa shape index (κ2) is 9.71. The predicted octanol–water partition coefficient (Wildman–Crippen LogP) is 5.28. The Morgan fingerprint density at radius 1 is 1.03 bits per heavy atom. The van der Waals surface area contributed by atoms with Crippen LogP contribution in [-0.4, -0.2) is 24.1 Å². The average molecular weight is 429 g/mol. The number of rotatable bonds is 7. The third-order valence-corrected chi connectivity index (χ3v) is 6.29. The van der Waals surface area contributed by atoms with Gasteiger partial charge in [-0.2, -0.15) is 0 Å². The highest BCUT2D eigenvalue weighted by atomic mass is 32.2. The van der Waals surface area contributed by atoms with Crippen molar-refractivity contribution in [3.8, 4) is 0 Å². The Bertz CT molecular complexity index is 1020. The van der Waals surface area contributed by atoms with E-state index in [-0.39, 0.29) is 11.5 Å². The van der Waals surface area contributed by atoms with Crippen molar-refractivity contribution in [2.75, 3.05) is 17.6 Å². The number of benzene rings is 2. The van der Waals surface area contributed by atoms with Crippen LogP contribution in [0, 0.1) is 19.7 Å². The van der Waals surface area contributed by atoms with Gasteiger partial charge in [0.05, 0.1) is 9.88 Å². The molecule has 2 amide bonds. The van der Waals surface area contributed by atoms with Crippen LogP contribution in [0.5, 0.6) is 0 Å². The fourth-order valence-electron chi connectivity index (χ4n) is 2.63. The van der Waals surface area contributed by atoms with E-state index in [9.17, 15) is 14.0 Å². The summed E-state index contributed by atoms with van der Waals surface area (Å²) in [6.07, 6.45) is 0. The molecular weight excluding hydrogens is 407 g/mol. The maximum atomic E-state index is 13.3. The number of thiophene rings is 1. The number of halogens is 1. The summed E-state index contributed by atoms with van der Waals surface area (Å²) in [5.41, 5.74) is 2.24. The van der Waals surface area contributed by atoms with Gasteiger partial charge in [0.25, 0.3) is 11.8 Å². The largest absolute Gasteiger partial charge is 0.350 e. The van der Waals surface area contributed by atoms with Crippen LogP contribution in [-0.2, 0) is 0 Å². The van der Waals surface area contributed by atoms with Gasteiger partial charge in [0, 0.05) is 22.8 Å². The lowest BCUT2D eigenvalue weighted by atomic mass is 10.2. The molecule has 0 saturated heterocycles. The fraction of sp³-hybridized carbons (Fsp3) is 0.182. The van der Waals surface area contributed by atoms with Crippen LogP contribution >= 0.6 is 23.1 Å². The molecule has 0 bridgehead atoms. The molecule has 2 N–H and O–H groups in total. The summed E-state index contributed by atoms with van der Waals surface area (Å²) < 4.78 is 13.3. The highest BCUT2D eigenvalue weighted by Crippen LogP contribution is 2.27. The first-order valence-corrected chi connectivity index (χ1v) is 10.9. The van der Waals surface area contributed by atoms with Gasteiger partial charge in [-0.05, 0) is 55.8 Å². The number of carbonyl (C=O) groups excluding carboxylic acids is 2. The standard InChI is InChI=1S/C22H21FN2O2S2/c1-14-6-8-18(9-7-14)28-11-10-24-22(27)20-15(2)12-19(29-20)25-21(26)16-4-3-5-17(23)13-16/h3-9,12-13H,10-11H2,1-2H3,(H,24,27)(H,25,26). The minimum Gasteiger partial charge on any atom is -0.350 e. The summed E-state index contributed by atoms with van der Waals surface area (Å²) in [7, 11) is 0. The third kappa shape index (κ3) is 5.92. The summed E-state index contributed by atoms with van der Waals surface area (Å²) >= 11 is 2.89. The molecule has 4 nitrogen and oxygen atoms in total. The molecule has 1 aromatic heterocycles. The Kier molecular flexibility index (Phi) is 7.06. The van der Waals surface area contributed by atoms with Crippen LogP contribution in [0.1, 0.15) is 31.2 Å². The van der Waals surface area contributed by atoms with E-state index in [1.165, 1.54) is 46.1 Å². The lowest BCUT2D eigenvalue weighted by molar-refractivity contribution is 0.0958. The SMILES string of the molecule is Cc1ccc(SCCNC(=O)c2sc(NC(=O)c3cccc(F)c3)cc2C)cc1. The summed E-state index contributed by atoms with van der Waals surface area (Å²) in [6, 6.07) is 15.5. The van der Waals surface area contributed by atoms with Crippen LogP contribution in [0.15, 0.2) is 59.5 Å². The number of nitrogens with one attached hydrogen (secondary N) is 2. The molecule has 7 heteroatoms. The van der Waals surface area contributed by atoms with E-state index in [2.05, 4.69) is 34.9 Å². The van der Waals surface area contributed by atoms with Gasteiger partial charge in [-0.3, -0.25) is 9.59 Å². The first kappa shape index (κ1) is 21.1. The van der Waals surface area contributed by atoms with Crippen molar-refractivity contribution in [1.29, 1.82) is 0 Å². The van der Waals surface area contributed by atoms with Crippen LogP contribution in [0.4, 0.5) is 9.39 Å². The van der Waals surface area contributed by atoms with Crippen LogP contribution in [0.3, 0.4) is 0 Å². The summed E-state index contributed by atoms with van der Waals surface area (Å²) in [4.78, 5) is 26.4. The molecule has 0 spiro atoms. The molecule has 150 valence electrons. The Hall–Kier alpha value is -2.64. The summed E-state index contributed by atoms with van der Waals surface area (Å²) in [6.45, 7) is 4.41. The minimum absolute atomic E-state index is 0.164. The lowest BCUT2D eigenvalue weighted by Crippen LogP contribution is -2.25. The zero-order chi connectivity index (χ0) is 20.8. The van der Waals surface area contributed by atoms with Gasteiger partial charge in [0.15, 0.2) is 0 Å². The Morgan fingerprint density at radius 3 is 2.52 bits per heavy atom. The van der Waals surface area contributed by atoms with E-state index in [0.717, 1.165) is 11.3 Å². The highest BCUT2D eigenvalue weighted by Gasteiger charge is 2.15. The predicted molar refractivity (Wildman–Crippen MR) is 118 cm³/mol. The van der Waals surface area contributed by atoms with Crippen LogP contribution in [0.25, 0.3) is 0 Å². The summed E-state index contributed by atoms with van der Waals surface area (Å²) in [5.74, 6) is -0.276. The zero-order valence-corrected chi connectivity index (χ0v) is 17.8. The normalized spacial score (nSPS) is 10.6. The van der Waals surface area contributed by atoms with Crippen molar-refractivity contribution in [2.24, 2.45) is 0 Å². The number of anilines is 1. The minimum atomic E-state index is -0.469. The molecule has 1 heterocycles. The van der Waals surface area contributed by atoms with Crippen molar-refractivity contribution in [3.05, 3.63) is 82.0 Å². The van der Waals surface area contributed by atoms with Gasteiger partial charge in [0.2, 0.25) is 0 Å². The van der Waals surface area contributed by atoms with E-state index < -0.39 is 11.7 Å². The maximum absolute atomic E-state index is 13.3. The molecule has 0 radical (unpaired) electrons. The molecule has 0 aliphatic rings. The quantitative estimate of drug-likeness (QED) is 0.398. The van der Waals surface area contributed by atoms with Gasteiger partial charge < -0.3 is 10.6 Å². The van der Waals surface area contributed by atoms with E-state index >= 15 is 0 Å². The molecule has 29 heavy (non-hydrogen) atoms. The molecule has 3 rings (SSSR count). The molecule has 0 saturated carbocycles. The fourth-order valence-corrected chi connectivity index (χ4v) is 4.38. The number of amides is 2. The second-order valence-corrected chi connectivity index (χ2v) is 8.73. The van der Waals surface area contributed by atoms with Crippen molar-refractivity contribution in [1.82, 2.24) is 5.32 Å². The lowest BCUT2D eigenvalue weighted by Gasteiger charge is -2.05. The number of hydrogen-bond donors (Lipinski definition) is 2. The van der Waals surface area contributed by atoms with Crippen LogP contribution < -0.4 is 10.6 Å². The number of thioether (sulfide) groups is 1. The van der Waals surface area contributed by atoms with Gasteiger partial charge >= 0.3 is 0 Å². The molecule has 0 fully saturated rings. The number of carbonyl (C=O) groups is 2. The molecule has 0 atom stereocenters. The zero-order valence-electron chi connectivity index (χ0n) is 16.1. The van der Waals surface area contributed by atoms with E-state index in [1.54, 1.807) is 17.8 Å². The average Bonchev–Trinajstić information content (AvgIpc) is 3.06. The Labute approximate surface area is 177 Å². The second-order valence-electron chi connectivity index (χ2n) is 6.50. The molecular formula is C22H21FN2O2S2. The van der Waals surface area contributed by atoms with Crippen LogP contribution in [0.2, 0.25) is 0 Å². The van der Waals surface area contributed by atoms with Gasteiger partial charge in [-0.15, -0.1) is 23.1 Å². The molecule has 0 aliphatic heterocycles. The summed E-state index contributed by atoms with van der Waals surface area (Å²) in [5, 5.41) is 6.19. The smallest absolute Gasteiger partial charge is 0.261 e. The van der Waals surface area contributed by atoms with Crippen molar-refractivity contribution in [2.45, 2.75) is 18.7 Å². The monoisotopic (exact) mass is 428 g/mol. The number of hydrogen-bond acceptors (Lipinski definition) is 4. The molecule has 0 aliphatic carbocycles. The molecule has 3 aromatic rings. The van der Waals surface area contributed by atoms with Gasteiger partial charge in [-0.1, -0.05) is 23.8 Å². The molecule has 2 aromatic carbocycles. The van der Waals surface area contributed by atoms with E-state index in [1.807, 2.05) is 13.8 Å². The Morgan fingerprint density at radius 2 is 1.79 bits per heavy atom. The maximum Gasteiger partial charge on any atom is 0.261 e. The van der Waals surface area contributed by atoms with Crippen molar-refractivity contribution >= 4 is 39.9 Å². The van der Waals surface area contributed by atoms with Crippen molar-refractivity contribution < 1.29 is 14.0 Å². The first-order valence-electron chi connectivity index (χ1n) is 9.07. The number of aryl methyl sites for hydroxylation is 2. The highest BCUT2D eigenvalue weighted by molar-refractivity contribution is 7.99. The third-order valence-electron chi connectivity index (χ3n) is 4.12. The van der Waals surface area contributed by atoms with Gasteiger partial charge in [0.1, 0.15) is 5.82 Å².